The topological polar surface area (TPSA) is 289 Å². The van der Waals surface area contributed by atoms with Gasteiger partial charge in [0.15, 0.2) is 0 Å². The van der Waals surface area contributed by atoms with Crippen LogP contribution in [0, 0.1) is 0 Å². The lowest BCUT2D eigenvalue weighted by atomic mass is 9.92. The number of hydrogen-bond donors (Lipinski definition) is 8. The van der Waals surface area contributed by atoms with Crippen LogP contribution in [0.5, 0.6) is 0 Å². The Bertz CT molecular complexity index is 3680. The van der Waals surface area contributed by atoms with Crippen molar-refractivity contribution in [3.05, 3.63) is 270 Å². The zero-order valence-electron chi connectivity index (χ0n) is 45.4. The minimum atomic E-state index is -3.69. The second kappa shape index (κ2) is 29.5. The van der Waals surface area contributed by atoms with Crippen LogP contribution in [0.1, 0.15) is 89.3 Å². The number of fused-ring (bicyclic) bond motifs is 1. The van der Waals surface area contributed by atoms with Crippen LogP contribution in [0.2, 0.25) is 0 Å². The van der Waals surface area contributed by atoms with Gasteiger partial charge in [-0.1, -0.05) is 213 Å². The molecule has 10 rings (SSSR count). The van der Waals surface area contributed by atoms with Crippen LogP contribution < -0.4 is 41.8 Å². The van der Waals surface area contributed by atoms with Gasteiger partial charge in [-0.3, -0.25) is 0 Å². The van der Waals surface area contributed by atoms with Crippen molar-refractivity contribution in [2.45, 2.75) is 95.1 Å². The Morgan fingerprint density at radius 1 is 0.390 bits per heavy atom. The summed E-state index contributed by atoms with van der Waals surface area (Å²) < 4.78 is 108. The molecule has 6 unspecified atom stereocenters. The van der Waals surface area contributed by atoms with Gasteiger partial charge >= 0.3 is 0 Å². The number of nitrogens with two attached hydrogens (primary N) is 4. The van der Waals surface area contributed by atoms with Crippen molar-refractivity contribution in [3.8, 4) is 0 Å². The highest BCUT2D eigenvalue weighted by Gasteiger charge is 2.34. The van der Waals surface area contributed by atoms with Crippen molar-refractivity contribution in [2.24, 2.45) is 22.9 Å². The lowest BCUT2D eigenvalue weighted by molar-refractivity contribution is 0.361. The molecule has 0 heterocycles. The van der Waals surface area contributed by atoms with Crippen LogP contribution in [0.15, 0.2) is 251 Å². The molecule has 82 heavy (non-hydrogen) atoms. The highest BCUT2D eigenvalue weighted by molar-refractivity contribution is 7.90. The molecule has 8 aromatic carbocycles. The lowest BCUT2D eigenvalue weighted by Gasteiger charge is -2.28. The van der Waals surface area contributed by atoms with Crippen LogP contribution in [-0.4, -0.2) is 58.1 Å². The summed E-state index contributed by atoms with van der Waals surface area (Å²) >= 11 is 0. The summed E-state index contributed by atoms with van der Waals surface area (Å²) in [5.41, 5.74) is 30.2. The van der Waals surface area contributed by atoms with Crippen molar-refractivity contribution < 1.29 is 33.7 Å². The average Bonchev–Trinajstić information content (AvgIpc) is 3.95. The van der Waals surface area contributed by atoms with E-state index in [2.05, 4.69) is 18.9 Å². The SMILES string of the molecule is CS(=O)(=O)NC(c1ccccc1)C(N)c1ccccc1.NC(c1ccccc1)C(NS(=O)(=O)c1ccccc1)c1ccccc1.NC1Cc2ccccc2C1NS(=O)(=O)c1ccccc1.N[C@H]1CCCC[C@@H]1NS(=O)(=O)c1ccccc1. The van der Waals surface area contributed by atoms with E-state index in [1.54, 1.807) is 91.0 Å². The molecule has 0 aromatic heterocycles. The van der Waals surface area contributed by atoms with Gasteiger partial charge in [-0.15, -0.1) is 0 Å². The molecule has 0 aliphatic heterocycles. The quantitative estimate of drug-likeness (QED) is 0.0428. The van der Waals surface area contributed by atoms with Crippen LogP contribution in [-0.2, 0) is 46.5 Å². The maximum absolute atomic E-state index is 12.8. The molecule has 8 aromatic rings. The zero-order valence-corrected chi connectivity index (χ0v) is 48.6. The van der Waals surface area contributed by atoms with E-state index in [-0.39, 0.29) is 34.0 Å². The first-order valence-electron chi connectivity index (χ1n) is 26.7. The third-order valence-electron chi connectivity index (χ3n) is 13.9. The third kappa shape index (κ3) is 18.1. The summed E-state index contributed by atoms with van der Waals surface area (Å²) in [5.74, 6) is 0. The van der Waals surface area contributed by atoms with Gasteiger partial charge in [0.1, 0.15) is 0 Å². The Morgan fingerprint density at radius 3 is 1.15 bits per heavy atom. The molecule has 2 aliphatic carbocycles. The van der Waals surface area contributed by atoms with Crippen LogP contribution in [0.25, 0.3) is 0 Å². The summed E-state index contributed by atoms with van der Waals surface area (Å²) in [5, 5.41) is 0. The van der Waals surface area contributed by atoms with Crippen molar-refractivity contribution in [1.29, 1.82) is 0 Å². The molecule has 0 saturated heterocycles. The van der Waals surface area contributed by atoms with E-state index in [4.69, 9.17) is 22.9 Å². The van der Waals surface area contributed by atoms with E-state index in [1.165, 1.54) is 0 Å². The molecule has 1 saturated carbocycles. The Morgan fingerprint density at radius 2 is 0.732 bits per heavy atom. The second-order valence-corrected chi connectivity index (χ2v) is 26.9. The fraction of sp³-hybridized carbons (Fsp3) is 0.226. The van der Waals surface area contributed by atoms with E-state index in [0.29, 0.717) is 11.3 Å². The maximum Gasteiger partial charge on any atom is 0.241 e. The molecule has 0 bridgehead atoms. The molecule has 20 heteroatoms. The van der Waals surface area contributed by atoms with Crippen LogP contribution in [0.3, 0.4) is 0 Å². The highest BCUT2D eigenvalue weighted by Crippen LogP contribution is 2.33. The molecule has 1 fully saturated rings. The van der Waals surface area contributed by atoms with Gasteiger partial charge in [0.25, 0.3) is 0 Å². The molecular weight excluding hydrogens is 1110 g/mol. The van der Waals surface area contributed by atoms with Gasteiger partial charge in [0.05, 0.1) is 51.2 Å². The van der Waals surface area contributed by atoms with Gasteiger partial charge in [-0.2, -0.15) is 0 Å². The molecule has 0 spiro atoms. The number of benzene rings is 8. The minimum absolute atomic E-state index is 0.0674. The first kappa shape index (κ1) is 62.8. The van der Waals surface area contributed by atoms with E-state index in [0.717, 1.165) is 65.3 Å². The average molecular weight is 1190 g/mol. The van der Waals surface area contributed by atoms with E-state index in [9.17, 15) is 33.7 Å². The first-order chi connectivity index (χ1) is 39.2. The van der Waals surface area contributed by atoms with Gasteiger partial charge in [0, 0.05) is 18.1 Å². The molecule has 0 radical (unpaired) electrons. The van der Waals surface area contributed by atoms with Gasteiger partial charge in [-0.05, 0) is 89.0 Å². The van der Waals surface area contributed by atoms with Crippen LogP contribution >= 0.6 is 0 Å². The molecule has 2 aliphatic rings. The standard InChI is InChI=1S/C20H20N2O2S.C15H16N2O2S.C15H18N2O2S.C12H18N2O2S/c21-19(16-10-4-1-5-11-16)20(17-12-6-2-7-13-17)22-25(23,24)18-14-8-3-9-15-18;16-14-10-11-6-4-5-9-13(11)15(14)17-20(18,19)12-7-2-1-3-8-12;1-20(18,19)17-15(13-10-6-3-7-11-13)14(16)12-8-4-2-5-9-12;13-11-8-4-5-9-12(11)14-17(15,16)10-6-2-1-3-7-10/h1-15,19-20,22H,21H2;1-9,14-15,17H,10,16H2;2-11,14-15,17H,16H2,1H3;1-3,6-7,11-12,14H,4-5,8-9,13H2/t;;;11-,12-/m...0/s1. The minimum Gasteiger partial charge on any atom is -0.326 e. The number of rotatable bonds is 17. The van der Waals surface area contributed by atoms with Gasteiger partial charge in [0.2, 0.25) is 40.1 Å². The zero-order chi connectivity index (χ0) is 58.8. The number of nitrogens with one attached hydrogen (secondary N) is 4. The summed E-state index contributed by atoms with van der Waals surface area (Å²) in [6, 6.07) is 67.7. The third-order valence-corrected chi connectivity index (χ3v) is 19.0. The molecule has 432 valence electrons. The highest BCUT2D eigenvalue weighted by atomic mass is 32.2. The van der Waals surface area contributed by atoms with E-state index in [1.807, 2.05) is 146 Å². The molecule has 16 nitrogen and oxygen atoms in total. The van der Waals surface area contributed by atoms with Crippen molar-refractivity contribution in [2.75, 3.05) is 6.26 Å². The fourth-order valence-corrected chi connectivity index (χ4v) is 14.2. The van der Waals surface area contributed by atoms with Crippen molar-refractivity contribution in [1.82, 2.24) is 18.9 Å². The summed E-state index contributed by atoms with van der Waals surface area (Å²) in [7, 11) is -14.0. The Balaban J connectivity index is 0.000000159. The molecule has 12 N–H and O–H groups in total. The van der Waals surface area contributed by atoms with E-state index < -0.39 is 64.3 Å². The normalized spacial score (nSPS) is 18.5. The fourth-order valence-electron chi connectivity index (χ4n) is 9.60. The van der Waals surface area contributed by atoms with Crippen LogP contribution in [0.4, 0.5) is 0 Å². The summed E-state index contributed by atoms with van der Waals surface area (Å²) in [6.07, 6.45) is 5.68. The maximum atomic E-state index is 12.8. The number of hydrogen-bond acceptors (Lipinski definition) is 12. The lowest BCUT2D eigenvalue weighted by Crippen LogP contribution is -2.49. The monoisotopic (exact) mass is 1180 g/mol. The largest absolute Gasteiger partial charge is 0.326 e. The molecule has 8 atom stereocenters. The Kier molecular flexibility index (Phi) is 22.6. The van der Waals surface area contributed by atoms with Crippen molar-refractivity contribution in [3.63, 3.8) is 0 Å². The number of sulfonamides is 4. The second-order valence-electron chi connectivity index (χ2n) is 19.9. The molecular formula is C62H72N8O8S4. The van der Waals surface area contributed by atoms with Gasteiger partial charge in [-0.25, -0.2) is 52.6 Å². The summed E-state index contributed by atoms with van der Waals surface area (Å²) in [6.45, 7) is 0. The Labute approximate surface area is 484 Å². The first-order valence-corrected chi connectivity index (χ1v) is 33.1. The van der Waals surface area contributed by atoms with Crippen molar-refractivity contribution >= 4 is 40.1 Å². The van der Waals surface area contributed by atoms with Gasteiger partial charge < -0.3 is 22.9 Å². The predicted molar refractivity (Wildman–Crippen MR) is 324 cm³/mol. The smallest absolute Gasteiger partial charge is 0.241 e. The summed E-state index contributed by atoms with van der Waals surface area (Å²) in [4.78, 5) is 0.783. The Hall–Kier alpha value is -6.76. The van der Waals surface area contributed by atoms with E-state index >= 15 is 0 Å². The molecule has 0 amide bonds. The predicted octanol–water partition coefficient (Wildman–Crippen LogP) is 8.21.